The van der Waals surface area contributed by atoms with E-state index < -0.39 is 31.2 Å². The summed E-state index contributed by atoms with van der Waals surface area (Å²) in [5, 5.41) is 0. The van der Waals surface area contributed by atoms with Crippen LogP contribution in [0.3, 0.4) is 0 Å². The molecule has 0 saturated heterocycles. The number of benzene rings is 1. The minimum absolute atomic E-state index is 0.00644. The summed E-state index contributed by atoms with van der Waals surface area (Å²) in [6, 6.07) is 2.74. The van der Waals surface area contributed by atoms with E-state index >= 15 is 0 Å². The highest BCUT2D eigenvalue weighted by Crippen LogP contribution is 3.02. The molecule has 1 rings (SSSR count). The Bertz CT molecular complexity index is 577. The van der Waals surface area contributed by atoms with Gasteiger partial charge in [-0.05, 0) is 39.8 Å². The summed E-state index contributed by atoms with van der Waals surface area (Å²) in [5.41, 5.74) is -0.134. The van der Waals surface area contributed by atoms with Gasteiger partial charge >= 0.3 is 10.2 Å². The molecule has 0 heterocycles. The first-order valence-corrected chi connectivity index (χ1v) is 8.88. The molecule has 0 amide bonds. The minimum atomic E-state index is -9.73. The molecule has 122 valence electrons. The smallest absolute Gasteiger partial charge is 0.310 e. The largest absolute Gasteiger partial charge is 0.591 e. The van der Waals surface area contributed by atoms with Crippen LogP contribution in [0.15, 0.2) is 33.6 Å². The molecule has 0 saturated carbocycles. The fraction of sp³-hybridized carbons (Fsp3) is 0.417. The molecule has 0 aromatic heterocycles. The third kappa shape index (κ3) is 5.15. The van der Waals surface area contributed by atoms with Crippen molar-refractivity contribution in [2.24, 2.45) is 4.40 Å². The molecule has 0 fully saturated rings. The maximum Gasteiger partial charge on any atom is 0.310 e. The van der Waals surface area contributed by atoms with Crippen molar-refractivity contribution in [2.45, 2.75) is 37.3 Å². The average molecular weight is 349 g/mol. The molecular formula is C12H16F5NOS2. The van der Waals surface area contributed by atoms with Crippen molar-refractivity contribution in [1.82, 2.24) is 0 Å². The fourth-order valence-corrected chi connectivity index (χ4v) is 2.59. The SMILES string of the molecule is C/C(=N/[S+]([O-])C(C)(C)C)c1cccc(S(F)(F)(F)(F)F)c1. The van der Waals surface area contributed by atoms with Crippen LogP contribution in [0.25, 0.3) is 0 Å². The first-order chi connectivity index (χ1) is 9.00. The van der Waals surface area contributed by atoms with Gasteiger partial charge in [-0.25, -0.2) is 0 Å². The van der Waals surface area contributed by atoms with Crippen LogP contribution in [0.2, 0.25) is 0 Å². The van der Waals surface area contributed by atoms with Gasteiger partial charge < -0.3 is 4.55 Å². The Morgan fingerprint density at radius 2 is 1.67 bits per heavy atom. The van der Waals surface area contributed by atoms with E-state index in [2.05, 4.69) is 4.40 Å². The maximum absolute atomic E-state index is 12.7. The summed E-state index contributed by atoms with van der Waals surface area (Å²) in [6.45, 7) is 6.26. The fourth-order valence-electron chi connectivity index (χ4n) is 1.28. The van der Waals surface area contributed by atoms with Gasteiger partial charge in [0, 0.05) is 5.56 Å². The lowest BCUT2D eigenvalue weighted by molar-refractivity contribution is 0.364. The Balaban J connectivity index is 3.28. The molecule has 1 aromatic carbocycles. The highest BCUT2D eigenvalue weighted by atomic mass is 32.5. The van der Waals surface area contributed by atoms with E-state index in [9.17, 15) is 24.0 Å². The molecule has 0 N–H and O–H groups in total. The number of nitrogens with zero attached hydrogens (tertiary/aromatic N) is 1. The van der Waals surface area contributed by atoms with Gasteiger partial charge in [-0.3, -0.25) is 0 Å². The summed E-state index contributed by atoms with van der Waals surface area (Å²) in [6.07, 6.45) is 0. The normalized spacial score (nSPS) is 18.9. The van der Waals surface area contributed by atoms with Crippen LogP contribution in [-0.4, -0.2) is 15.0 Å². The topological polar surface area (TPSA) is 35.4 Å². The number of halogens is 5. The molecule has 0 radical (unpaired) electrons. The van der Waals surface area contributed by atoms with Crippen LogP contribution < -0.4 is 0 Å². The Labute approximate surface area is 123 Å². The number of hydrogen-bond acceptors (Lipinski definition) is 2. The van der Waals surface area contributed by atoms with E-state index in [-0.39, 0.29) is 11.3 Å². The van der Waals surface area contributed by atoms with Crippen LogP contribution >= 0.6 is 10.2 Å². The van der Waals surface area contributed by atoms with Gasteiger partial charge in [-0.1, -0.05) is 36.0 Å². The second kappa shape index (κ2) is 4.60. The van der Waals surface area contributed by atoms with Gasteiger partial charge in [0.05, 0.1) is 5.71 Å². The molecule has 0 spiro atoms. The van der Waals surface area contributed by atoms with Crippen molar-refractivity contribution in [3.05, 3.63) is 29.8 Å². The van der Waals surface area contributed by atoms with E-state index in [0.717, 1.165) is 6.07 Å². The van der Waals surface area contributed by atoms with Gasteiger partial charge in [-0.15, -0.1) is 0 Å². The van der Waals surface area contributed by atoms with Crippen LogP contribution in [0.1, 0.15) is 33.3 Å². The molecule has 1 atom stereocenters. The molecule has 9 heteroatoms. The highest BCUT2D eigenvalue weighted by molar-refractivity contribution is 8.45. The summed E-state index contributed by atoms with van der Waals surface area (Å²) >= 11 is -1.69. The van der Waals surface area contributed by atoms with Gasteiger partial charge in [0.2, 0.25) is 0 Å². The lowest BCUT2D eigenvalue weighted by Crippen LogP contribution is -2.26. The van der Waals surface area contributed by atoms with Gasteiger partial charge in [0.25, 0.3) is 0 Å². The number of hydrogen-bond donors (Lipinski definition) is 0. The summed E-state index contributed by atoms with van der Waals surface area (Å²) in [7, 11) is -9.73. The summed E-state index contributed by atoms with van der Waals surface area (Å²) in [5.74, 6) is 0. The van der Waals surface area contributed by atoms with Crippen molar-refractivity contribution < 1.29 is 24.0 Å². The summed E-state index contributed by atoms with van der Waals surface area (Å²) in [4.78, 5) is -1.98. The van der Waals surface area contributed by atoms with Gasteiger partial charge in [0.15, 0.2) is 0 Å². The Hall–Kier alpha value is -0.800. The molecule has 1 aromatic rings. The van der Waals surface area contributed by atoms with Crippen molar-refractivity contribution >= 4 is 27.3 Å². The minimum Gasteiger partial charge on any atom is -0.591 e. The third-order valence-electron chi connectivity index (χ3n) is 2.44. The quantitative estimate of drug-likeness (QED) is 0.396. The van der Waals surface area contributed by atoms with Crippen molar-refractivity contribution in [1.29, 1.82) is 0 Å². The lowest BCUT2D eigenvalue weighted by Gasteiger charge is -2.40. The molecule has 1 unspecified atom stereocenters. The van der Waals surface area contributed by atoms with E-state index in [1.807, 2.05) is 0 Å². The van der Waals surface area contributed by atoms with E-state index in [0.29, 0.717) is 12.1 Å². The highest BCUT2D eigenvalue weighted by Gasteiger charge is 2.65. The van der Waals surface area contributed by atoms with Crippen molar-refractivity contribution in [3.63, 3.8) is 0 Å². The van der Waals surface area contributed by atoms with Crippen LogP contribution in [0.5, 0.6) is 0 Å². The van der Waals surface area contributed by atoms with Crippen LogP contribution in [-0.2, 0) is 11.4 Å². The zero-order valence-electron chi connectivity index (χ0n) is 11.9. The molecule has 0 aliphatic rings. The molecule has 2 nitrogen and oxygen atoms in total. The second-order valence-corrected chi connectivity index (χ2v) is 9.85. The molecule has 0 aliphatic carbocycles. The van der Waals surface area contributed by atoms with E-state index in [4.69, 9.17) is 0 Å². The summed E-state index contributed by atoms with van der Waals surface area (Å²) < 4.78 is 78.6. The molecule has 0 aliphatic heterocycles. The molecule has 0 bridgehead atoms. The zero-order valence-corrected chi connectivity index (χ0v) is 13.5. The Kier molecular flexibility index (Phi) is 3.99. The number of rotatable bonds is 3. The molecule has 21 heavy (non-hydrogen) atoms. The second-order valence-electron chi connectivity index (χ2n) is 5.54. The predicted molar refractivity (Wildman–Crippen MR) is 77.9 cm³/mol. The average Bonchev–Trinajstić information content (AvgIpc) is 2.24. The van der Waals surface area contributed by atoms with E-state index in [1.54, 1.807) is 20.8 Å². The van der Waals surface area contributed by atoms with Crippen molar-refractivity contribution in [2.75, 3.05) is 0 Å². The van der Waals surface area contributed by atoms with Crippen molar-refractivity contribution in [3.8, 4) is 0 Å². The molecular weight excluding hydrogens is 333 g/mol. The standard InChI is InChI=1S/C12H16F5NOS2/c1-9(18-20(19)12(2,3)4)10-6-5-7-11(8-10)21(13,14,15,16)17/h5-8H,1-4H3/b18-9-. The van der Waals surface area contributed by atoms with Gasteiger partial charge in [0.1, 0.15) is 21.0 Å². The first kappa shape index (κ1) is 18.2. The Morgan fingerprint density at radius 3 is 2.10 bits per heavy atom. The monoisotopic (exact) mass is 349 g/mol. The maximum atomic E-state index is 12.7. The lowest BCUT2D eigenvalue weighted by atomic mass is 10.1. The van der Waals surface area contributed by atoms with E-state index in [1.165, 1.54) is 13.0 Å². The van der Waals surface area contributed by atoms with Crippen LogP contribution in [0, 0.1) is 0 Å². The third-order valence-corrected chi connectivity index (χ3v) is 5.07. The first-order valence-electron chi connectivity index (χ1n) is 5.82. The Morgan fingerprint density at radius 1 is 1.14 bits per heavy atom. The van der Waals surface area contributed by atoms with Crippen LogP contribution in [0.4, 0.5) is 19.4 Å². The zero-order chi connectivity index (χ0) is 16.8. The van der Waals surface area contributed by atoms with Gasteiger partial charge in [-0.2, -0.15) is 0 Å². The predicted octanol–water partition coefficient (Wildman–Crippen LogP) is 5.62.